The largest absolute Gasteiger partial charge is 0.507 e. The van der Waals surface area contributed by atoms with Gasteiger partial charge in [0.15, 0.2) is 19.8 Å². The molecule has 0 radical (unpaired) electrons. The van der Waals surface area contributed by atoms with E-state index in [9.17, 15) is 60.3 Å². The molecule has 0 amide bonds. The quantitative estimate of drug-likeness (QED) is 0.0270. The van der Waals surface area contributed by atoms with E-state index in [0.717, 1.165) is 55.6 Å². The highest BCUT2D eigenvalue weighted by atomic mass is 16.5. The van der Waals surface area contributed by atoms with Gasteiger partial charge in [-0.25, -0.2) is 14.4 Å². The zero-order valence-corrected chi connectivity index (χ0v) is 68.1. The first kappa shape index (κ1) is 81.3. The number of rotatable bonds is 23. The minimum Gasteiger partial charge on any atom is -0.507 e. The fourth-order valence-corrected chi connectivity index (χ4v) is 16.9. The summed E-state index contributed by atoms with van der Waals surface area (Å²) in [6.07, 6.45) is 0. The van der Waals surface area contributed by atoms with Gasteiger partial charge in [-0.1, -0.05) is 98.8 Å². The van der Waals surface area contributed by atoms with E-state index in [1.807, 2.05) is 230 Å². The van der Waals surface area contributed by atoms with E-state index in [-0.39, 0.29) is 51.7 Å². The van der Waals surface area contributed by atoms with Crippen molar-refractivity contribution in [1.82, 2.24) is 0 Å². The Bertz CT molecular complexity index is 5040. The minimum atomic E-state index is -1.37. The Balaban J connectivity index is 1.35. The van der Waals surface area contributed by atoms with Gasteiger partial charge in [-0.3, -0.25) is 0 Å². The summed E-state index contributed by atoms with van der Waals surface area (Å²) in [4.78, 5) is 38.3. The number of phenolic OH excluding ortho intramolecular Hbond substituents is 6. The van der Waals surface area contributed by atoms with Gasteiger partial charge in [-0.15, -0.1) is 0 Å². The van der Waals surface area contributed by atoms with Crippen LogP contribution in [0.25, 0.3) is 0 Å². The number of hydrogen-bond donors (Lipinski definition) is 9. The molecule has 0 fully saturated rings. The fourth-order valence-electron chi connectivity index (χ4n) is 16.9. The Labute approximate surface area is 647 Å². The first-order chi connectivity index (χ1) is 51.4. The first-order valence-corrected chi connectivity index (χ1v) is 37.3. The van der Waals surface area contributed by atoms with Crippen LogP contribution in [0.1, 0.15) is 233 Å². The molecule has 10 aromatic rings. The number of carboxylic acid groups (broad SMARTS) is 3. The van der Waals surface area contributed by atoms with Crippen molar-refractivity contribution in [3.8, 4) is 51.7 Å². The van der Waals surface area contributed by atoms with Crippen LogP contribution in [0.4, 0.5) is 0 Å². The van der Waals surface area contributed by atoms with Gasteiger partial charge in [0, 0.05) is 78.7 Å². The molecule has 0 saturated heterocycles. The molecule has 0 aliphatic heterocycles. The molecular formula is C95H106O15. The van der Waals surface area contributed by atoms with Crippen LogP contribution < -0.4 is 14.2 Å². The predicted octanol–water partition coefficient (Wildman–Crippen LogP) is 20.0. The summed E-state index contributed by atoms with van der Waals surface area (Å²) in [6, 6.07) is 32.0. The third-order valence-electron chi connectivity index (χ3n) is 24.0. The molecule has 9 N–H and O–H groups in total. The molecule has 0 spiro atoms. The van der Waals surface area contributed by atoms with Gasteiger partial charge in [-0.2, -0.15) is 0 Å². The number of aryl methyl sites for hydroxylation is 15. The second kappa shape index (κ2) is 30.7. The molecule has 110 heavy (non-hydrogen) atoms. The van der Waals surface area contributed by atoms with Crippen molar-refractivity contribution in [2.45, 2.75) is 195 Å². The topological polar surface area (TPSA) is 261 Å². The lowest BCUT2D eigenvalue weighted by Crippen LogP contribution is -2.28. The van der Waals surface area contributed by atoms with Crippen molar-refractivity contribution >= 4 is 17.9 Å². The second-order valence-corrected chi connectivity index (χ2v) is 31.7. The zero-order valence-electron chi connectivity index (χ0n) is 68.1. The van der Waals surface area contributed by atoms with E-state index in [4.69, 9.17) is 14.2 Å². The van der Waals surface area contributed by atoms with Gasteiger partial charge < -0.3 is 60.2 Å². The first-order valence-electron chi connectivity index (χ1n) is 37.3. The van der Waals surface area contributed by atoms with Crippen LogP contribution in [-0.2, 0) is 25.2 Å². The van der Waals surface area contributed by atoms with E-state index >= 15 is 0 Å². The lowest BCUT2D eigenvalue weighted by Gasteiger charge is -2.37. The van der Waals surface area contributed by atoms with Crippen molar-refractivity contribution in [3.63, 3.8) is 0 Å². The number of carbonyl (C=O) groups is 3. The number of phenols is 6. The summed E-state index contributed by atoms with van der Waals surface area (Å²) in [7, 11) is 0. The number of benzene rings is 10. The van der Waals surface area contributed by atoms with Crippen molar-refractivity contribution in [1.29, 1.82) is 0 Å². The summed E-state index contributed by atoms with van der Waals surface area (Å²) in [5, 5.41) is 107. The maximum atomic E-state index is 12.9. The van der Waals surface area contributed by atoms with Gasteiger partial charge >= 0.3 is 17.9 Å². The molecule has 0 heterocycles. The molecule has 576 valence electrons. The van der Waals surface area contributed by atoms with Crippen molar-refractivity contribution in [2.75, 3.05) is 19.8 Å². The number of ether oxygens (including phenoxy) is 3. The molecule has 15 heteroatoms. The van der Waals surface area contributed by atoms with Gasteiger partial charge in [0.2, 0.25) is 0 Å². The minimum absolute atomic E-state index is 0.0203. The van der Waals surface area contributed by atoms with E-state index in [1.165, 1.54) is 0 Å². The predicted molar refractivity (Wildman–Crippen MR) is 434 cm³/mol. The van der Waals surface area contributed by atoms with Gasteiger partial charge in [0.25, 0.3) is 0 Å². The van der Waals surface area contributed by atoms with Crippen LogP contribution >= 0.6 is 0 Å². The molecule has 0 aliphatic rings. The molecule has 15 nitrogen and oxygen atoms in total. The lowest BCUT2D eigenvalue weighted by atomic mass is 9.67. The molecule has 0 saturated carbocycles. The van der Waals surface area contributed by atoms with E-state index in [2.05, 4.69) is 32.9 Å². The molecule has 0 aliphatic carbocycles. The smallest absolute Gasteiger partial charge is 0.341 e. The lowest BCUT2D eigenvalue weighted by molar-refractivity contribution is -0.140. The number of aromatic hydroxyl groups is 6. The van der Waals surface area contributed by atoms with Gasteiger partial charge in [-0.05, 0) is 309 Å². The van der Waals surface area contributed by atoms with Crippen LogP contribution in [0, 0.1) is 145 Å². The van der Waals surface area contributed by atoms with E-state index in [0.29, 0.717) is 139 Å². The van der Waals surface area contributed by atoms with Crippen LogP contribution in [0.2, 0.25) is 0 Å². The number of aliphatic carboxylic acids is 3. The highest BCUT2D eigenvalue weighted by molar-refractivity contribution is 5.74. The van der Waals surface area contributed by atoms with Crippen LogP contribution in [0.3, 0.4) is 0 Å². The molecule has 10 rings (SSSR count). The van der Waals surface area contributed by atoms with Crippen molar-refractivity contribution < 1.29 is 74.6 Å². The highest BCUT2D eigenvalue weighted by Gasteiger charge is 2.42. The number of hydrogen-bond acceptors (Lipinski definition) is 12. The molecule has 10 aromatic carbocycles. The van der Waals surface area contributed by atoms with Crippen LogP contribution in [0.15, 0.2) is 97.1 Å². The Morgan fingerprint density at radius 2 is 0.473 bits per heavy atom. The normalized spacial score (nSPS) is 11.9. The van der Waals surface area contributed by atoms with Crippen molar-refractivity contribution in [2.24, 2.45) is 0 Å². The summed E-state index contributed by atoms with van der Waals surface area (Å²) < 4.78 is 19.4. The second-order valence-electron chi connectivity index (χ2n) is 31.7. The van der Waals surface area contributed by atoms with Crippen molar-refractivity contribution in [3.05, 3.63) is 292 Å². The Kier molecular flexibility index (Phi) is 22.7. The Hall–Kier alpha value is -11.2. The summed E-state index contributed by atoms with van der Waals surface area (Å²) in [5.41, 5.74) is 20.1. The average molecular weight is 1490 g/mol. The Morgan fingerprint density at radius 3 is 0.691 bits per heavy atom. The third-order valence-corrected chi connectivity index (χ3v) is 24.0. The summed E-state index contributed by atoms with van der Waals surface area (Å²) in [6.45, 7) is 43.6. The van der Waals surface area contributed by atoms with Gasteiger partial charge in [0.05, 0.1) is 0 Å². The Morgan fingerprint density at radius 1 is 0.273 bits per heavy atom. The van der Waals surface area contributed by atoms with E-state index in [1.54, 1.807) is 0 Å². The molecule has 0 unspecified atom stereocenters. The molecule has 0 aromatic heterocycles. The monoisotopic (exact) mass is 1490 g/mol. The fraction of sp³-hybridized carbons (Fsp3) is 0.337. The maximum absolute atomic E-state index is 12.9. The number of carboxylic acids is 3. The standard InChI is InChI=1S/C95H106O15/c1-44-29-50(7)76(85(102)59(44)16)82(77-51(8)30-45(2)60(17)86(77)103)70-38-67(35-56(13)91(70)108-41-73(96)97)94(22,23)65-25-27-66(28-26-65)95(24,68-36-57(14)92(109-42-74(98)99)71(39-68)83(78-52(9)31-46(3)61(18)87(78)104)79-53(10)32-47(4)62(19)88(79)105)69-37-58(15)93(110-43-75(100)101)72(40-69)84(80-54(11)33-48(5)63(20)89(80)106)81-55(12)34-49(6)64(21)90(81)107/h25-40,82-84,102-107H,41-43H2,1-24H3,(H,96,97)(H,98,99)(H,100,101). The molecule has 0 bridgehead atoms. The molecular weight excluding hydrogens is 1380 g/mol. The maximum Gasteiger partial charge on any atom is 0.341 e. The molecule has 0 atom stereocenters. The summed E-state index contributed by atoms with van der Waals surface area (Å²) >= 11 is 0. The van der Waals surface area contributed by atoms with Crippen LogP contribution in [-0.4, -0.2) is 83.7 Å². The average Bonchev–Trinajstić information content (AvgIpc) is 0.569. The highest BCUT2D eigenvalue weighted by Crippen LogP contribution is 2.57. The van der Waals surface area contributed by atoms with E-state index < -0.39 is 66.3 Å². The van der Waals surface area contributed by atoms with Crippen LogP contribution in [0.5, 0.6) is 51.7 Å². The summed E-state index contributed by atoms with van der Waals surface area (Å²) in [5.74, 6) is -5.95. The SMILES string of the molecule is Cc1cc(C)c(C(c2cc(C(C)(C)c3ccc(C(C)(c4cc(C)c(OCC(=O)O)c(C(c5c(C)cc(C)c(C)c5O)c5c(C)cc(C)c(C)c5O)c4)c4cc(C)c(OCC(=O)O)c(C(c5c(C)cc(C)c(C)c5O)c5c(C)cc(C)c(C)c5O)c4)cc3)cc(C)c2OCC(=O)O)c2c(C)cc(C)c(C)c2O)c(O)c1C. The third kappa shape index (κ3) is 14.5. The zero-order chi connectivity index (χ0) is 81.4. The van der Waals surface area contributed by atoms with Gasteiger partial charge in [0.1, 0.15) is 51.7 Å².